The van der Waals surface area contributed by atoms with Crippen molar-refractivity contribution in [2.75, 3.05) is 9.80 Å². The van der Waals surface area contributed by atoms with E-state index >= 15 is 0 Å². The minimum absolute atomic E-state index is 0.0175. The Hall–Kier alpha value is -4.04. The molecule has 3 atom stereocenters. The largest absolute Gasteiger partial charge is 0.340 e. The summed E-state index contributed by atoms with van der Waals surface area (Å²) in [4.78, 5) is 5.27. The number of nitrogens with zero attached hydrogens (tertiary/aromatic N) is 2. The van der Waals surface area contributed by atoms with Crippen LogP contribution in [0.5, 0.6) is 0 Å². The molecule has 0 saturated carbocycles. The van der Waals surface area contributed by atoms with Crippen molar-refractivity contribution in [3.63, 3.8) is 0 Å². The SMILES string of the molecule is C1=CC2Cc3ccccc3N(C(c3ccccc3)N3c4ccccc4Cc4ccccc43)C2C=C1.CC.CC.CC.CC. The lowest BCUT2D eigenvalue weighted by atomic mass is 9.82. The second kappa shape index (κ2) is 17.2. The van der Waals surface area contributed by atoms with Gasteiger partial charge in [0.15, 0.2) is 0 Å². The van der Waals surface area contributed by atoms with Gasteiger partial charge in [0.25, 0.3) is 0 Å². The van der Waals surface area contributed by atoms with E-state index in [4.69, 9.17) is 0 Å². The Morgan fingerprint density at radius 2 is 0.977 bits per heavy atom. The number of para-hydroxylation sites is 3. The van der Waals surface area contributed by atoms with E-state index < -0.39 is 0 Å². The maximum absolute atomic E-state index is 2.68. The highest BCUT2D eigenvalue weighted by atomic mass is 15.4. The molecule has 0 spiro atoms. The number of anilines is 3. The van der Waals surface area contributed by atoms with E-state index in [1.165, 1.54) is 39.3 Å². The first-order chi connectivity index (χ1) is 21.4. The molecule has 0 amide bonds. The van der Waals surface area contributed by atoms with E-state index in [0.29, 0.717) is 12.0 Å². The van der Waals surface area contributed by atoms with Gasteiger partial charge in [-0.1, -0.05) is 165 Å². The number of rotatable bonds is 3. The average Bonchev–Trinajstić information content (AvgIpc) is 3.11. The molecular formula is C41H52N2. The Balaban J connectivity index is 0.000000588. The lowest BCUT2D eigenvalue weighted by Crippen LogP contribution is -2.51. The minimum atomic E-state index is 0.0175. The first-order valence-corrected chi connectivity index (χ1v) is 16.6. The van der Waals surface area contributed by atoms with E-state index in [1.807, 2.05) is 55.4 Å². The van der Waals surface area contributed by atoms with E-state index in [-0.39, 0.29) is 6.17 Å². The Morgan fingerprint density at radius 1 is 0.512 bits per heavy atom. The quantitative estimate of drug-likeness (QED) is 0.241. The number of fused-ring (bicyclic) bond motifs is 4. The van der Waals surface area contributed by atoms with Gasteiger partial charge in [-0.2, -0.15) is 0 Å². The van der Waals surface area contributed by atoms with Crippen LogP contribution in [-0.2, 0) is 12.8 Å². The summed E-state index contributed by atoms with van der Waals surface area (Å²) in [5, 5.41) is 0. The van der Waals surface area contributed by atoms with E-state index in [0.717, 1.165) is 12.8 Å². The molecule has 4 aromatic rings. The third-order valence-electron chi connectivity index (χ3n) is 7.75. The fourth-order valence-corrected chi connectivity index (χ4v) is 6.22. The summed E-state index contributed by atoms with van der Waals surface area (Å²) in [5.74, 6) is 0.455. The van der Waals surface area contributed by atoms with Gasteiger partial charge in [0.1, 0.15) is 6.17 Å². The second-order valence-corrected chi connectivity index (χ2v) is 9.75. The molecule has 43 heavy (non-hydrogen) atoms. The molecule has 2 heterocycles. The van der Waals surface area contributed by atoms with Crippen molar-refractivity contribution in [1.82, 2.24) is 0 Å². The maximum atomic E-state index is 2.68. The maximum Gasteiger partial charge on any atom is 0.133 e. The monoisotopic (exact) mass is 572 g/mol. The van der Waals surface area contributed by atoms with Crippen molar-refractivity contribution in [3.05, 3.63) is 150 Å². The van der Waals surface area contributed by atoms with Gasteiger partial charge in [-0.15, -0.1) is 0 Å². The zero-order valence-corrected chi connectivity index (χ0v) is 27.7. The standard InChI is InChI=1S/C33H28N2.4C2H6/c1-2-12-24(13-3-1)33(34-29-18-8-4-14-25(29)22-26-15-5-9-19-30(26)34)35-31-20-10-6-16-27(31)23-28-17-7-11-21-32(28)35;4*1-2/h1-21,25,29,33H,22-23H2;4*1-2H3. The molecule has 0 radical (unpaired) electrons. The van der Waals surface area contributed by atoms with Gasteiger partial charge in [-0.3, -0.25) is 0 Å². The highest BCUT2D eigenvalue weighted by molar-refractivity contribution is 5.77. The van der Waals surface area contributed by atoms with E-state index in [2.05, 4.69) is 137 Å². The Labute approximate surface area is 262 Å². The summed E-state index contributed by atoms with van der Waals surface area (Å²) in [6.45, 7) is 16.0. The first kappa shape index (κ1) is 33.5. The van der Waals surface area contributed by atoms with Gasteiger partial charge in [-0.05, 0) is 46.9 Å². The Bertz CT molecular complexity index is 1390. The van der Waals surface area contributed by atoms with Crippen molar-refractivity contribution in [2.45, 2.75) is 80.4 Å². The Morgan fingerprint density at radius 3 is 1.56 bits per heavy atom. The van der Waals surface area contributed by atoms with Gasteiger partial charge >= 0.3 is 0 Å². The number of benzene rings is 4. The van der Waals surface area contributed by atoms with Crippen LogP contribution in [0, 0.1) is 5.92 Å². The van der Waals surface area contributed by atoms with Crippen LogP contribution in [0.15, 0.2) is 127 Å². The smallest absolute Gasteiger partial charge is 0.133 e. The molecule has 2 nitrogen and oxygen atoms in total. The molecule has 4 aromatic carbocycles. The van der Waals surface area contributed by atoms with Crippen molar-refractivity contribution in [3.8, 4) is 0 Å². The summed E-state index contributed by atoms with van der Waals surface area (Å²) in [6, 6.07) is 38.2. The molecule has 0 bridgehead atoms. The molecule has 2 heteroatoms. The predicted octanol–water partition coefficient (Wildman–Crippen LogP) is 11.7. The van der Waals surface area contributed by atoms with Crippen LogP contribution in [0.1, 0.15) is 83.8 Å². The molecule has 3 aliphatic rings. The van der Waals surface area contributed by atoms with Gasteiger partial charge in [0.05, 0.1) is 6.04 Å². The molecule has 2 aliphatic heterocycles. The summed E-state index contributed by atoms with van der Waals surface area (Å²) in [7, 11) is 0. The van der Waals surface area contributed by atoms with Crippen LogP contribution in [-0.4, -0.2) is 6.04 Å². The molecule has 3 unspecified atom stereocenters. The molecule has 0 N–H and O–H groups in total. The molecule has 226 valence electrons. The minimum Gasteiger partial charge on any atom is -0.340 e. The number of hydrogen-bond donors (Lipinski definition) is 0. The van der Waals surface area contributed by atoms with Gasteiger partial charge in [-0.25, -0.2) is 0 Å². The summed E-state index contributed by atoms with van der Waals surface area (Å²) >= 11 is 0. The second-order valence-electron chi connectivity index (χ2n) is 9.75. The topological polar surface area (TPSA) is 6.48 Å². The van der Waals surface area contributed by atoms with Crippen LogP contribution in [0.25, 0.3) is 0 Å². The third-order valence-corrected chi connectivity index (χ3v) is 7.75. The zero-order chi connectivity index (χ0) is 31.2. The van der Waals surface area contributed by atoms with Crippen LogP contribution in [0.2, 0.25) is 0 Å². The fraction of sp³-hybridized carbons (Fsp3) is 0.317. The van der Waals surface area contributed by atoms with Crippen LogP contribution >= 0.6 is 0 Å². The lowest BCUT2D eigenvalue weighted by molar-refractivity contribution is 0.451. The van der Waals surface area contributed by atoms with Crippen LogP contribution in [0.3, 0.4) is 0 Å². The van der Waals surface area contributed by atoms with Gasteiger partial charge in [0, 0.05) is 29.4 Å². The number of allylic oxidation sites excluding steroid dienone is 2. The normalized spacial score (nSPS) is 17.2. The summed E-state index contributed by atoms with van der Waals surface area (Å²) in [6.07, 6.45) is 11.3. The van der Waals surface area contributed by atoms with Crippen molar-refractivity contribution < 1.29 is 0 Å². The van der Waals surface area contributed by atoms with Gasteiger partial charge < -0.3 is 9.80 Å². The molecule has 7 rings (SSSR count). The molecule has 0 saturated heterocycles. The van der Waals surface area contributed by atoms with Crippen LogP contribution in [0.4, 0.5) is 17.1 Å². The molecule has 0 fully saturated rings. The van der Waals surface area contributed by atoms with Crippen molar-refractivity contribution in [2.24, 2.45) is 5.92 Å². The lowest BCUT2D eigenvalue weighted by Gasteiger charge is -2.51. The highest BCUT2D eigenvalue weighted by Gasteiger charge is 2.41. The first-order valence-electron chi connectivity index (χ1n) is 16.6. The fourth-order valence-electron chi connectivity index (χ4n) is 6.22. The van der Waals surface area contributed by atoms with Crippen LogP contribution < -0.4 is 9.80 Å². The highest BCUT2D eigenvalue weighted by Crippen LogP contribution is 2.49. The molecule has 1 aliphatic carbocycles. The Kier molecular flexibility index (Phi) is 13.4. The average molecular weight is 573 g/mol. The van der Waals surface area contributed by atoms with E-state index in [1.54, 1.807) is 0 Å². The van der Waals surface area contributed by atoms with Crippen molar-refractivity contribution in [1.29, 1.82) is 0 Å². The van der Waals surface area contributed by atoms with Crippen molar-refractivity contribution >= 4 is 17.1 Å². The van der Waals surface area contributed by atoms with Gasteiger partial charge in [0.2, 0.25) is 0 Å². The van der Waals surface area contributed by atoms with E-state index in [9.17, 15) is 0 Å². The molecule has 0 aromatic heterocycles. The summed E-state index contributed by atoms with van der Waals surface area (Å²) in [5.41, 5.74) is 9.43. The third kappa shape index (κ3) is 6.96. The molecular weight excluding hydrogens is 520 g/mol. The number of hydrogen-bond acceptors (Lipinski definition) is 2. The zero-order valence-electron chi connectivity index (χ0n) is 27.7. The summed E-state index contributed by atoms with van der Waals surface area (Å²) < 4.78 is 0. The predicted molar refractivity (Wildman–Crippen MR) is 191 cm³/mol.